The lowest BCUT2D eigenvalue weighted by molar-refractivity contribution is -0.174. The number of amides is 2. The summed E-state index contributed by atoms with van der Waals surface area (Å²) in [5, 5.41) is 0. The van der Waals surface area contributed by atoms with E-state index in [1.165, 1.54) is 0 Å². The van der Waals surface area contributed by atoms with Crippen LogP contribution < -0.4 is 0 Å². The van der Waals surface area contributed by atoms with Gasteiger partial charge in [0.25, 0.3) is 0 Å². The molecule has 3 heteroatoms. The minimum Gasteiger partial charge on any atom is -0.278 e. The Hall–Kier alpha value is -0.860. The number of carbonyl (C=O) groups is 2. The Morgan fingerprint density at radius 1 is 1.38 bits per heavy atom. The summed E-state index contributed by atoms with van der Waals surface area (Å²) in [6, 6.07) is 0.222. The highest BCUT2D eigenvalue weighted by molar-refractivity contribution is 6.03. The maximum absolute atomic E-state index is 12.2. The van der Waals surface area contributed by atoms with Crippen molar-refractivity contribution >= 4 is 11.8 Å². The number of nitrogens with zero attached hydrogens (tertiary/aromatic N) is 1. The average molecular weight is 223 g/mol. The molecule has 0 N–H and O–H groups in total. The normalized spacial score (nSPS) is 29.7. The Labute approximate surface area is 97.2 Å². The van der Waals surface area contributed by atoms with Gasteiger partial charge in [-0.15, -0.1) is 0 Å². The van der Waals surface area contributed by atoms with Gasteiger partial charge < -0.3 is 0 Å². The van der Waals surface area contributed by atoms with Crippen molar-refractivity contribution in [2.75, 3.05) is 0 Å². The molecule has 0 aromatic heterocycles. The zero-order valence-corrected chi connectivity index (χ0v) is 10.5. The van der Waals surface area contributed by atoms with Crippen molar-refractivity contribution in [1.29, 1.82) is 0 Å². The van der Waals surface area contributed by atoms with Crippen molar-refractivity contribution < 1.29 is 9.59 Å². The molecule has 1 aliphatic heterocycles. The van der Waals surface area contributed by atoms with Gasteiger partial charge in [-0.25, -0.2) is 0 Å². The average Bonchev–Trinajstić information content (AvgIpc) is 2.28. The van der Waals surface area contributed by atoms with Crippen molar-refractivity contribution in [1.82, 2.24) is 4.90 Å². The van der Waals surface area contributed by atoms with Crippen LogP contribution >= 0.6 is 0 Å². The lowest BCUT2D eigenvalue weighted by atomic mass is 9.74. The van der Waals surface area contributed by atoms with Gasteiger partial charge in [0.1, 0.15) is 0 Å². The van der Waals surface area contributed by atoms with E-state index in [1.54, 1.807) is 4.90 Å². The van der Waals surface area contributed by atoms with Gasteiger partial charge in [0, 0.05) is 5.41 Å². The van der Waals surface area contributed by atoms with Crippen LogP contribution in [-0.4, -0.2) is 22.8 Å². The smallest absolute Gasteiger partial charge is 0.235 e. The van der Waals surface area contributed by atoms with Crippen molar-refractivity contribution in [3.8, 4) is 0 Å². The Morgan fingerprint density at radius 2 is 2.00 bits per heavy atom. The predicted octanol–water partition coefficient (Wildman–Crippen LogP) is 2.35. The van der Waals surface area contributed by atoms with Crippen LogP contribution in [0.3, 0.4) is 0 Å². The topological polar surface area (TPSA) is 37.4 Å². The van der Waals surface area contributed by atoms with E-state index in [0.29, 0.717) is 0 Å². The van der Waals surface area contributed by atoms with Crippen molar-refractivity contribution in [2.45, 2.75) is 58.9 Å². The highest BCUT2D eigenvalue weighted by Crippen LogP contribution is 2.41. The first-order valence-electron chi connectivity index (χ1n) is 6.36. The SMILES string of the molecule is CCC(C)(C)C(=O)N1C(=O)C2CCCCC21. The molecule has 2 unspecified atom stereocenters. The molecule has 1 heterocycles. The first-order chi connectivity index (χ1) is 7.49. The van der Waals surface area contributed by atoms with E-state index in [4.69, 9.17) is 0 Å². The summed E-state index contributed by atoms with van der Waals surface area (Å²) < 4.78 is 0. The highest BCUT2D eigenvalue weighted by atomic mass is 16.2. The van der Waals surface area contributed by atoms with Gasteiger partial charge in [-0.2, -0.15) is 0 Å². The number of hydrogen-bond acceptors (Lipinski definition) is 2. The van der Waals surface area contributed by atoms with Crippen LogP contribution in [-0.2, 0) is 9.59 Å². The highest BCUT2D eigenvalue weighted by Gasteiger charge is 2.53. The fraction of sp³-hybridized carbons (Fsp3) is 0.846. The van der Waals surface area contributed by atoms with Gasteiger partial charge >= 0.3 is 0 Å². The number of fused-ring (bicyclic) bond motifs is 1. The second kappa shape index (κ2) is 3.86. The number of likely N-dealkylation sites (tertiary alicyclic amines) is 1. The fourth-order valence-corrected chi connectivity index (χ4v) is 2.70. The van der Waals surface area contributed by atoms with Gasteiger partial charge in [0.05, 0.1) is 12.0 Å². The van der Waals surface area contributed by atoms with E-state index in [9.17, 15) is 9.59 Å². The Kier molecular flexibility index (Phi) is 2.81. The summed E-state index contributed by atoms with van der Waals surface area (Å²) in [4.78, 5) is 25.7. The molecule has 16 heavy (non-hydrogen) atoms. The summed E-state index contributed by atoms with van der Waals surface area (Å²) in [5.74, 6) is 0.268. The monoisotopic (exact) mass is 223 g/mol. The minimum atomic E-state index is -0.391. The summed E-state index contributed by atoms with van der Waals surface area (Å²) in [7, 11) is 0. The zero-order chi connectivity index (χ0) is 11.9. The maximum Gasteiger partial charge on any atom is 0.235 e. The third kappa shape index (κ3) is 1.57. The number of imide groups is 1. The van der Waals surface area contributed by atoms with Crippen LogP contribution in [0.1, 0.15) is 52.9 Å². The second-order valence-electron chi connectivity index (χ2n) is 5.71. The van der Waals surface area contributed by atoms with Crippen LogP contribution in [0.2, 0.25) is 0 Å². The van der Waals surface area contributed by atoms with E-state index in [0.717, 1.165) is 32.1 Å². The molecule has 2 aliphatic rings. The van der Waals surface area contributed by atoms with E-state index < -0.39 is 5.41 Å². The summed E-state index contributed by atoms with van der Waals surface area (Å²) >= 11 is 0. The molecule has 0 spiro atoms. The van der Waals surface area contributed by atoms with Crippen LogP contribution in [0.25, 0.3) is 0 Å². The van der Waals surface area contributed by atoms with Crippen LogP contribution in [0, 0.1) is 11.3 Å². The molecule has 90 valence electrons. The number of carbonyl (C=O) groups excluding carboxylic acids is 2. The van der Waals surface area contributed by atoms with E-state index >= 15 is 0 Å². The molecule has 0 aromatic rings. The largest absolute Gasteiger partial charge is 0.278 e. The van der Waals surface area contributed by atoms with Gasteiger partial charge in [-0.05, 0) is 19.3 Å². The van der Waals surface area contributed by atoms with Gasteiger partial charge in [0.2, 0.25) is 11.8 Å². The zero-order valence-electron chi connectivity index (χ0n) is 10.5. The van der Waals surface area contributed by atoms with Crippen molar-refractivity contribution in [3.05, 3.63) is 0 Å². The predicted molar refractivity (Wildman–Crippen MR) is 61.7 cm³/mol. The van der Waals surface area contributed by atoms with Crippen molar-refractivity contribution in [2.24, 2.45) is 11.3 Å². The molecule has 0 bridgehead atoms. The molecule has 0 aromatic carbocycles. The lowest BCUT2D eigenvalue weighted by Crippen LogP contribution is -2.66. The van der Waals surface area contributed by atoms with Gasteiger partial charge in [0.15, 0.2) is 0 Å². The second-order valence-corrected chi connectivity index (χ2v) is 5.71. The van der Waals surface area contributed by atoms with Crippen molar-refractivity contribution in [3.63, 3.8) is 0 Å². The van der Waals surface area contributed by atoms with E-state index in [-0.39, 0.29) is 23.8 Å². The summed E-state index contributed by atoms with van der Waals surface area (Å²) in [6.45, 7) is 5.86. The molecule has 3 nitrogen and oxygen atoms in total. The van der Waals surface area contributed by atoms with E-state index in [1.807, 2.05) is 20.8 Å². The fourth-order valence-electron chi connectivity index (χ4n) is 2.70. The third-order valence-electron chi connectivity index (χ3n) is 4.30. The molecule has 2 amide bonds. The number of hydrogen-bond donors (Lipinski definition) is 0. The van der Waals surface area contributed by atoms with Crippen LogP contribution in [0.5, 0.6) is 0 Å². The molecular formula is C13H21NO2. The summed E-state index contributed by atoms with van der Waals surface area (Å²) in [5.41, 5.74) is -0.391. The van der Waals surface area contributed by atoms with Crippen LogP contribution in [0.4, 0.5) is 0 Å². The molecule has 1 aliphatic carbocycles. The molecule has 2 atom stereocenters. The quantitative estimate of drug-likeness (QED) is 0.674. The molecular weight excluding hydrogens is 202 g/mol. The molecule has 2 rings (SSSR count). The van der Waals surface area contributed by atoms with Gasteiger partial charge in [-0.3, -0.25) is 14.5 Å². The number of rotatable bonds is 2. The first-order valence-corrected chi connectivity index (χ1v) is 6.36. The summed E-state index contributed by atoms with van der Waals surface area (Å²) in [6.07, 6.45) is 5.09. The Bertz CT molecular complexity index is 322. The Balaban J connectivity index is 2.11. The molecule has 2 fully saturated rings. The lowest BCUT2D eigenvalue weighted by Gasteiger charge is -2.50. The van der Waals surface area contributed by atoms with Gasteiger partial charge in [-0.1, -0.05) is 33.6 Å². The maximum atomic E-state index is 12.2. The third-order valence-corrected chi connectivity index (χ3v) is 4.30. The first kappa shape index (κ1) is 11.6. The molecule has 1 saturated carbocycles. The minimum absolute atomic E-state index is 0.0307. The molecule has 1 saturated heterocycles. The van der Waals surface area contributed by atoms with Crippen LogP contribution in [0.15, 0.2) is 0 Å². The number of β-lactam (4-membered cyclic amide) rings is 1. The standard InChI is InChI=1S/C13H21NO2/c1-4-13(2,3)12(16)14-10-8-6-5-7-9(10)11(14)15/h9-10H,4-8H2,1-3H3. The van der Waals surface area contributed by atoms with E-state index in [2.05, 4.69) is 0 Å². The molecule has 0 radical (unpaired) electrons. The Morgan fingerprint density at radius 3 is 2.62 bits per heavy atom.